The molecule has 1 saturated heterocycles. The predicted octanol–water partition coefficient (Wildman–Crippen LogP) is 4.09. The van der Waals surface area contributed by atoms with E-state index in [2.05, 4.69) is 45.3 Å². The molecule has 2 aromatic carbocycles. The van der Waals surface area contributed by atoms with Crippen molar-refractivity contribution in [2.24, 2.45) is 0 Å². The summed E-state index contributed by atoms with van der Waals surface area (Å²) in [6.45, 7) is 5.23. The van der Waals surface area contributed by atoms with Crippen LogP contribution in [0, 0.1) is 0 Å². The number of thiazole rings is 1. The highest BCUT2D eigenvalue weighted by molar-refractivity contribution is 7.13. The van der Waals surface area contributed by atoms with E-state index in [9.17, 15) is 14.7 Å². The average molecular weight is 485 g/mol. The lowest BCUT2D eigenvalue weighted by atomic mass is 10.1. The highest BCUT2D eigenvalue weighted by atomic mass is 35.5. The SMILES string of the molecule is CN1CCN(Cc2cccc(-c3nc(CC(=O)Nc4ccc(Cl)c(C(=O)O)c4)cs3)c2)CC1. The first kappa shape index (κ1) is 23.4. The van der Waals surface area contributed by atoms with Gasteiger partial charge in [0.25, 0.3) is 0 Å². The van der Waals surface area contributed by atoms with E-state index in [1.807, 2.05) is 11.4 Å². The van der Waals surface area contributed by atoms with Crippen molar-refractivity contribution in [1.29, 1.82) is 0 Å². The molecule has 0 bridgehead atoms. The molecule has 1 amide bonds. The quantitative estimate of drug-likeness (QED) is 0.525. The van der Waals surface area contributed by atoms with Gasteiger partial charge in [-0.2, -0.15) is 0 Å². The number of aromatic nitrogens is 1. The first-order chi connectivity index (χ1) is 15.9. The summed E-state index contributed by atoms with van der Waals surface area (Å²) in [6.07, 6.45) is 0.0997. The van der Waals surface area contributed by atoms with Crippen LogP contribution >= 0.6 is 22.9 Å². The summed E-state index contributed by atoms with van der Waals surface area (Å²) in [4.78, 5) is 33.1. The monoisotopic (exact) mass is 484 g/mol. The number of carboxylic acid groups (broad SMARTS) is 1. The Morgan fingerprint density at radius 2 is 1.94 bits per heavy atom. The first-order valence-corrected chi connectivity index (χ1v) is 11.9. The van der Waals surface area contributed by atoms with Crippen LogP contribution in [0.25, 0.3) is 10.6 Å². The van der Waals surface area contributed by atoms with Gasteiger partial charge in [0.2, 0.25) is 5.91 Å². The van der Waals surface area contributed by atoms with Crippen LogP contribution in [0.3, 0.4) is 0 Å². The van der Waals surface area contributed by atoms with Gasteiger partial charge in [-0.1, -0.05) is 29.8 Å². The maximum Gasteiger partial charge on any atom is 0.337 e. The fraction of sp³-hybridized carbons (Fsp3) is 0.292. The second-order valence-corrected chi connectivity index (χ2v) is 9.41. The number of nitrogens with zero attached hydrogens (tertiary/aromatic N) is 3. The van der Waals surface area contributed by atoms with Crippen LogP contribution < -0.4 is 5.32 Å². The van der Waals surface area contributed by atoms with Crippen LogP contribution in [-0.4, -0.2) is 65.0 Å². The van der Waals surface area contributed by atoms with Crippen LogP contribution in [0.2, 0.25) is 5.02 Å². The molecule has 2 N–H and O–H groups in total. The molecule has 2 heterocycles. The number of halogens is 1. The average Bonchev–Trinajstić information content (AvgIpc) is 3.25. The van der Waals surface area contributed by atoms with Crippen LogP contribution in [0.1, 0.15) is 21.6 Å². The Balaban J connectivity index is 1.38. The molecule has 4 rings (SSSR count). The minimum Gasteiger partial charge on any atom is -0.478 e. The number of likely N-dealkylation sites (N-methyl/N-ethyl adjacent to an activating group) is 1. The molecule has 0 aliphatic carbocycles. The summed E-state index contributed by atoms with van der Waals surface area (Å²) in [5.41, 5.74) is 3.30. The van der Waals surface area contributed by atoms with E-state index in [1.54, 1.807) is 6.07 Å². The highest BCUT2D eigenvalue weighted by Gasteiger charge is 2.15. The zero-order chi connectivity index (χ0) is 23.4. The van der Waals surface area contributed by atoms with E-state index in [0.29, 0.717) is 11.4 Å². The first-order valence-electron chi connectivity index (χ1n) is 10.6. The van der Waals surface area contributed by atoms with Crippen molar-refractivity contribution in [3.8, 4) is 10.6 Å². The number of hydrogen-bond acceptors (Lipinski definition) is 6. The number of piperazine rings is 1. The van der Waals surface area contributed by atoms with Crippen molar-refractivity contribution in [3.05, 3.63) is 69.7 Å². The van der Waals surface area contributed by atoms with Gasteiger partial charge < -0.3 is 15.3 Å². The Morgan fingerprint density at radius 1 is 1.15 bits per heavy atom. The molecule has 3 aromatic rings. The molecule has 0 spiro atoms. The third-order valence-electron chi connectivity index (χ3n) is 5.55. The Labute approximate surface area is 201 Å². The lowest BCUT2D eigenvalue weighted by Gasteiger charge is -2.32. The maximum atomic E-state index is 12.5. The molecule has 7 nitrogen and oxygen atoms in total. The minimum atomic E-state index is -1.14. The largest absolute Gasteiger partial charge is 0.478 e. The molecule has 1 aliphatic heterocycles. The van der Waals surface area contributed by atoms with Crippen molar-refractivity contribution in [3.63, 3.8) is 0 Å². The molecule has 0 radical (unpaired) electrons. The Hall–Kier alpha value is -2.78. The Morgan fingerprint density at radius 3 is 2.70 bits per heavy atom. The summed E-state index contributed by atoms with van der Waals surface area (Å²) in [6, 6.07) is 12.8. The fourth-order valence-corrected chi connectivity index (χ4v) is 4.74. The molecule has 172 valence electrons. The number of aromatic carboxylic acids is 1. The number of carbonyl (C=O) groups excluding carboxylic acids is 1. The zero-order valence-electron chi connectivity index (χ0n) is 18.3. The molecule has 0 saturated carbocycles. The van der Waals surface area contributed by atoms with E-state index in [-0.39, 0.29) is 22.9 Å². The van der Waals surface area contributed by atoms with Gasteiger partial charge >= 0.3 is 5.97 Å². The second-order valence-electron chi connectivity index (χ2n) is 8.15. The highest BCUT2D eigenvalue weighted by Crippen LogP contribution is 2.26. The van der Waals surface area contributed by atoms with Crippen molar-refractivity contribution in [1.82, 2.24) is 14.8 Å². The molecular weight excluding hydrogens is 460 g/mol. The molecular formula is C24H25ClN4O3S. The summed E-state index contributed by atoms with van der Waals surface area (Å²) in [5.74, 6) is -1.41. The number of carboxylic acids is 1. The number of amides is 1. The van der Waals surface area contributed by atoms with E-state index < -0.39 is 5.97 Å². The summed E-state index contributed by atoms with van der Waals surface area (Å²) in [5, 5.41) is 14.8. The third-order valence-corrected chi connectivity index (χ3v) is 6.82. The number of nitrogens with one attached hydrogen (secondary N) is 1. The smallest absolute Gasteiger partial charge is 0.337 e. The molecule has 1 aliphatic rings. The van der Waals surface area contributed by atoms with Gasteiger partial charge in [-0.05, 0) is 36.9 Å². The van der Waals surface area contributed by atoms with Crippen LogP contribution in [0.15, 0.2) is 47.8 Å². The second kappa shape index (κ2) is 10.4. The van der Waals surface area contributed by atoms with Gasteiger partial charge in [0.1, 0.15) is 5.01 Å². The summed E-state index contributed by atoms with van der Waals surface area (Å²) < 4.78 is 0. The van der Waals surface area contributed by atoms with Gasteiger partial charge in [0.15, 0.2) is 0 Å². The molecule has 33 heavy (non-hydrogen) atoms. The molecule has 1 fully saturated rings. The lowest BCUT2D eigenvalue weighted by Crippen LogP contribution is -2.43. The van der Waals surface area contributed by atoms with Gasteiger partial charge in [-0.15, -0.1) is 11.3 Å². The van der Waals surface area contributed by atoms with Gasteiger partial charge in [-0.25, -0.2) is 9.78 Å². The van der Waals surface area contributed by atoms with Crippen molar-refractivity contribution >= 4 is 40.5 Å². The summed E-state index contributed by atoms with van der Waals surface area (Å²) >= 11 is 7.39. The predicted molar refractivity (Wildman–Crippen MR) is 131 cm³/mol. The van der Waals surface area contributed by atoms with Gasteiger partial charge in [0, 0.05) is 49.4 Å². The van der Waals surface area contributed by atoms with Gasteiger partial charge in [0.05, 0.1) is 22.7 Å². The topological polar surface area (TPSA) is 85.8 Å². The number of rotatable bonds is 7. The van der Waals surface area contributed by atoms with Crippen LogP contribution in [0.4, 0.5) is 5.69 Å². The van der Waals surface area contributed by atoms with Crippen LogP contribution in [-0.2, 0) is 17.8 Å². The van der Waals surface area contributed by atoms with E-state index in [1.165, 1.54) is 29.0 Å². The van der Waals surface area contributed by atoms with Gasteiger partial charge in [-0.3, -0.25) is 9.69 Å². The number of hydrogen-bond donors (Lipinski definition) is 2. The summed E-state index contributed by atoms with van der Waals surface area (Å²) in [7, 11) is 2.15. The fourth-order valence-electron chi connectivity index (χ4n) is 3.72. The Kier molecular flexibility index (Phi) is 7.39. The molecule has 1 aromatic heterocycles. The minimum absolute atomic E-state index is 0.0538. The van der Waals surface area contributed by atoms with E-state index >= 15 is 0 Å². The number of anilines is 1. The lowest BCUT2D eigenvalue weighted by molar-refractivity contribution is -0.115. The van der Waals surface area contributed by atoms with Crippen LogP contribution in [0.5, 0.6) is 0 Å². The van der Waals surface area contributed by atoms with E-state index in [0.717, 1.165) is 43.3 Å². The molecule has 0 unspecified atom stereocenters. The van der Waals surface area contributed by atoms with E-state index in [4.69, 9.17) is 11.6 Å². The Bertz CT molecular complexity index is 1160. The third kappa shape index (κ3) is 6.17. The number of benzene rings is 2. The molecule has 0 atom stereocenters. The van der Waals surface area contributed by atoms with Crippen molar-refractivity contribution in [2.45, 2.75) is 13.0 Å². The molecule has 9 heteroatoms. The zero-order valence-corrected chi connectivity index (χ0v) is 19.8. The standard InChI is InChI=1S/C24H25ClN4O3S/c1-28-7-9-29(10-8-28)14-16-3-2-4-17(11-16)23-27-19(15-33-23)13-22(30)26-18-5-6-21(25)20(12-18)24(31)32/h2-6,11-12,15H,7-10,13-14H2,1H3,(H,26,30)(H,31,32). The van der Waals surface area contributed by atoms with Crippen molar-refractivity contribution < 1.29 is 14.7 Å². The van der Waals surface area contributed by atoms with Crippen molar-refractivity contribution in [2.75, 3.05) is 38.5 Å². The number of carbonyl (C=O) groups is 2. The normalized spacial score (nSPS) is 14.8. The maximum absolute atomic E-state index is 12.5.